The molecule has 1 aromatic carbocycles. The van der Waals surface area contributed by atoms with Crippen molar-refractivity contribution in [3.8, 4) is 5.75 Å². The van der Waals surface area contributed by atoms with Gasteiger partial charge in [0.2, 0.25) is 0 Å². The number of aliphatic hydroxyl groups is 1. The van der Waals surface area contributed by atoms with Gasteiger partial charge in [0.05, 0.1) is 39.5 Å². The lowest BCUT2D eigenvalue weighted by Crippen LogP contribution is -2.52. The number of fused-ring (bicyclic) bond motifs is 5. The Morgan fingerprint density at radius 2 is 2.00 bits per heavy atom. The molecule has 0 amide bonds. The molecule has 0 aromatic heterocycles. The monoisotopic (exact) mass is 402 g/mol. The van der Waals surface area contributed by atoms with Crippen LogP contribution in [0.25, 0.3) is 5.76 Å². The van der Waals surface area contributed by atoms with Gasteiger partial charge in [-0.1, -0.05) is 6.92 Å². The van der Waals surface area contributed by atoms with E-state index in [9.17, 15) is 9.90 Å². The molecule has 3 atom stereocenters. The summed E-state index contributed by atoms with van der Waals surface area (Å²) in [7, 11) is 2.84. The molecule has 0 unspecified atom stereocenters. The van der Waals surface area contributed by atoms with E-state index in [0.717, 1.165) is 24.2 Å². The quantitative estimate of drug-likeness (QED) is 0.761. The van der Waals surface area contributed by atoms with Crippen LogP contribution in [0.2, 0.25) is 0 Å². The molecule has 1 spiro atoms. The molecule has 7 heteroatoms. The Bertz CT molecular complexity index is 900. The molecule has 2 heterocycles. The number of esters is 1. The van der Waals surface area contributed by atoms with Gasteiger partial charge in [0.15, 0.2) is 11.4 Å². The van der Waals surface area contributed by atoms with E-state index < -0.39 is 17.4 Å². The van der Waals surface area contributed by atoms with Crippen LogP contribution in [0.5, 0.6) is 5.75 Å². The van der Waals surface area contributed by atoms with Crippen LogP contribution in [0.1, 0.15) is 37.3 Å². The van der Waals surface area contributed by atoms with Crippen molar-refractivity contribution in [1.29, 1.82) is 0 Å². The van der Waals surface area contributed by atoms with Crippen LogP contribution >= 0.6 is 0 Å². The number of ether oxygens (including phenoxy) is 5. The second kappa shape index (κ2) is 6.20. The smallest absolute Gasteiger partial charge is 0.342 e. The third kappa shape index (κ3) is 2.32. The van der Waals surface area contributed by atoms with Crippen LogP contribution in [0, 0.1) is 11.3 Å². The number of hydrogen-bond donors (Lipinski definition) is 1. The van der Waals surface area contributed by atoms with E-state index in [1.165, 1.54) is 7.11 Å². The molecule has 2 aliphatic carbocycles. The fourth-order valence-corrected chi connectivity index (χ4v) is 5.74. The Morgan fingerprint density at radius 1 is 1.24 bits per heavy atom. The lowest BCUT2D eigenvalue weighted by molar-refractivity contribution is -0.234. The number of methoxy groups -OCH3 is 2. The highest BCUT2D eigenvalue weighted by Gasteiger charge is 2.65. The first-order chi connectivity index (χ1) is 13.9. The fourth-order valence-electron chi connectivity index (χ4n) is 5.74. The van der Waals surface area contributed by atoms with E-state index >= 15 is 0 Å². The van der Waals surface area contributed by atoms with E-state index in [1.807, 2.05) is 12.1 Å². The average Bonchev–Trinajstić information content (AvgIpc) is 3.33. The lowest BCUT2D eigenvalue weighted by atomic mass is 9.65. The zero-order chi connectivity index (χ0) is 20.4. The van der Waals surface area contributed by atoms with Crippen LogP contribution in [0.4, 0.5) is 0 Å². The summed E-state index contributed by atoms with van der Waals surface area (Å²) < 4.78 is 28.8. The summed E-state index contributed by atoms with van der Waals surface area (Å²) >= 11 is 0. The van der Waals surface area contributed by atoms with Crippen molar-refractivity contribution >= 4 is 11.7 Å². The zero-order valence-electron chi connectivity index (χ0n) is 16.9. The first-order valence-electron chi connectivity index (χ1n) is 10.0. The van der Waals surface area contributed by atoms with Crippen LogP contribution in [-0.4, -0.2) is 50.9 Å². The molecule has 0 radical (unpaired) electrons. The Kier molecular flexibility index (Phi) is 4.04. The number of carbonyl (C=O) groups is 1. The second-order valence-corrected chi connectivity index (χ2v) is 8.54. The first-order valence-corrected chi connectivity index (χ1v) is 10.0. The zero-order valence-corrected chi connectivity index (χ0v) is 16.9. The van der Waals surface area contributed by atoms with Gasteiger partial charge in [0.1, 0.15) is 11.5 Å². The Morgan fingerprint density at radius 3 is 2.69 bits per heavy atom. The summed E-state index contributed by atoms with van der Waals surface area (Å²) in [6.45, 7) is 3.73. The van der Waals surface area contributed by atoms with Crippen molar-refractivity contribution in [3.63, 3.8) is 0 Å². The predicted octanol–water partition coefficient (Wildman–Crippen LogP) is 2.36. The van der Waals surface area contributed by atoms with Gasteiger partial charge >= 0.3 is 5.97 Å². The molecule has 1 N–H and O–H groups in total. The van der Waals surface area contributed by atoms with Crippen molar-refractivity contribution < 1.29 is 33.6 Å². The van der Waals surface area contributed by atoms with Gasteiger partial charge < -0.3 is 28.8 Å². The van der Waals surface area contributed by atoms with Crippen molar-refractivity contribution in [3.05, 3.63) is 34.9 Å². The molecule has 1 saturated carbocycles. The van der Waals surface area contributed by atoms with Crippen LogP contribution in [0.15, 0.2) is 23.8 Å². The van der Waals surface area contributed by atoms with E-state index in [4.69, 9.17) is 23.7 Å². The molecule has 29 heavy (non-hydrogen) atoms. The van der Waals surface area contributed by atoms with Gasteiger partial charge in [-0.15, -0.1) is 0 Å². The highest BCUT2D eigenvalue weighted by molar-refractivity contribution is 5.87. The highest BCUT2D eigenvalue weighted by Crippen LogP contribution is 2.63. The normalized spacial score (nSPS) is 34.3. The van der Waals surface area contributed by atoms with Gasteiger partial charge in [0, 0.05) is 24.0 Å². The Hall–Kier alpha value is -2.09. The highest BCUT2D eigenvalue weighted by atomic mass is 16.7. The van der Waals surface area contributed by atoms with Crippen LogP contribution in [0.3, 0.4) is 0 Å². The van der Waals surface area contributed by atoms with Gasteiger partial charge in [0.25, 0.3) is 0 Å². The molecule has 1 aromatic rings. The maximum atomic E-state index is 12.7. The summed E-state index contributed by atoms with van der Waals surface area (Å²) in [6.07, 6.45) is 1.73. The molecule has 1 saturated heterocycles. The number of benzene rings is 1. The number of hydrogen-bond acceptors (Lipinski definition) is 7. The third-order valence-electron chi connectivity index (χ3n) is 7.27. The summed E-state index contributed by atoms with van der Waals surface area (Å²) in [5.41, 5.74) is -0.0983. The first kappa shape index (κ1) is 18.9. The van der Waals surface area contributed by atoms with Crippen molar-refractivity contribution in [2.45, 2.75) is 37.6 Å². The maximum absolute atomic E-state index is 12.7. The van der Waals surface area contributed by atoms with E-state index in [-0.39, 0.29) is 17.8 Å². The number of rotatable bonds is 2. The summed E-state index contributed by atoms with van der Waals surface area (Å²) in [6, 6.07) is 5.34. The summed E-state index contributed by atoms with van der Waals surface area (Å²) in [5.74, 6) is 0.0274. The fraction of sp³-hybridized carbons (Fsp3) is 0.591. The standard InChI is InChI=1S/C22H26O7/c1-20-12-27-18-14-5-4-13(25-2)10-17(14)21(24,19(23)26-3)11-15(18)16(20)6-7-22(20)28-8-9-29-22/h4-5,10,16,24H,6-9,11-12H2,1-3H3/t16-,20-,21-/m0/s1. The molecule has 0 bridgehead atoms. The van der Waals surface area contributed by atoms with Gasteiger partial charge in [-0.2, -0.15) is 0 Å². The van der Waals surface area contributed by atoms with Crippen molar-refractivity contribution in [2.75, 3.05) is 34.0 Å². The lowest BCUT2D eigenvalue weighted by Gasteiger charge is -2.48. The van der Waals surface area contributed by atoms with E-state index in [1.54, 1.807) is 13.2 Å². The molecule has 4 aliphatic rings. The van der Waals surface area contributed by atoms with Gasteiger partial charge in [-0.25, -0.2) is 4.79 Å². The van der Waals surface area contributed by atoms with Crippen molar-refractivity contribution in [2.24, 2.45) is 11.3 Å². The molecular formula is C22H26O7. The number of carbonyl (C=O) groups excluding carboxylic acids is 1. The van der Waals surface area contributed by atoms with E-state index in [2.05, 4.69) is 6.92 Å². The van der Waals surface area contributed by atoms with E-state index in [0.29, 0.717) is 36.7 Å². The van der Waals surface area contributed by atoms with Crippen LogP contribution in [-0.2, 0) is 29.3 Å². The average molecular weight is 402 g/mol. The van der Waals surface area contributed by atoms with Gasteiger partial charge in [-0.05, 0) is 36.1 Å². The minimum absolute atomic E-state index is 0.0794. The van der Waals surface area contributed by atoms with Crippen LogP contribution < -0.4 is 4.74 Å². The molecule has 5 rings (SSSR count). The molecular weight excluding hydrogens is 376 g/mol. The third-order valence-corrected chi connectivity index (χ3v) is 7.27. The topological polar surface area (TPSA) is 83.5 Å². The van der Waals surface area contributed by atoms with Crippen molar-refractivity contribution in [1.82, 2.24) is 0 Å². The summed E-state index contributed by atoms with van der Waals surface area (Å²) in [4.78, 5) is 12.7. The maximum Gasteiger partial charge on any atom is 0.342 e. The molecule has 7 nitrogen and oxygen atoms in total. The Balaban J connectivity index is 1.66. The summed E-state index contributed by atoms with van der Waals surface area (Å²) in [5, 5.41) is 11.5. The minimum atomic E-state index is -1.80. The predicted molar refractivity (Wildman–Crippen MR) is 102 cm³/mol. The second-order valence-electron chi connectivity index (χ2n) is 8.54. The Labute approximate surface area is 169 Å². The minimum Gasteiger partial charge on any atom is -0.497 e. The SMILES string of the molecule is COC(=O)[C@]1(O)CC2=C(OC[C@@]3(C)[C@H]2CCC32OCCO2)c2ccc(OC)cc21. The molecule has 2 fully saturated rings. The molecule has 156 valence electrons. The molecule has 2 aliphatic heterocycles. The largest absolute Gasteiger partial charge is 0.497 e. The van der Waals surface area contributed by atoms with Gasteiger partial charge in [-0.3, -0.25) is 0 Å².